The van der Waals surface area contributed by atoms with E-state index < -0.39 is 6.10 Å². The van der Waals surface area contributed by atoms with Crippen molar-refractivity contribution in [3.05, 3.63) is 12.2 Å². The van der Waals surface area contributed by atoms with Gasteiger partial charge in [0.15, 0.2) is 0 Å². The fourth-order valence-electron chi connectivity index (χ4n) is 1.85. The quantitative estimate of drug-likeness (QED) is 0.425. The van der Waals surface area contributed by atoms with Gasteiger partial charge in [-0.15, -0.1) is 5.92 Å². The molecule has 0 unspecified atom stereocenters. The van der Waals surface area contributed by atoms with E-state index in [4.69, 9.17) is 0 Å². The number of unbranched alkanes of at least 4 members (excludes halogenated alkanes) is 3. The Labute approximate surface area is 93.6 Å². The van der Waals surface area contributed by atoms with Gasteiger partial charge in [-0.1, -0.05) is 37.8 Å². The maximum absolute atomic E-state index is 9.81. The summed E-state index contributed by atoms with van der Waals surface area (Å²) in [6, 6.07) is 0. The predicted molar refractivity (Wildman–Crippen MR) is 64.4 cm³/mol. The molecule has 84 valence electrons. The van der Waals surface area contributed by atoms with Crippen LogP contribution in [0.4, 0.5) is 0 Å². The van der Waals surface area contributed by atoms with Crippen molar-refractivity contribution in [2.45, 2.75) is 58.0 Å². The highest BCUT2D eigenvalue weighted by molar-refractivity contribution is 5.11. The first-order valence-corrected chi connectivity index (χ1v) is 6.17. The Kier molecular flexibility index (Phi) is 6.20. The number of rotatable bonds is 4. The van der Waals surface area contributed by atoms with Crippen LogP contribution in [0.3, 0.4) is 0 Å². The van der Waals surface area contributed by atoms with Gasteiger partial charge in [0, 0.05) is 12.3 Å². The standard InChI is InChI=1S/C14H22O/c1-2-3-4-5-9-12-14(15)13-10-7-6-8-11-13/h7,10,13-15H,2-6,8,11H2,1H3/t13-,14-/m0/s1. The molecule has 1 aliphatic carbocycles. The molecular weight excluding hydrogens is 184 g/mol. The fraction of sp³-hybridized carbons (Fsp3) is 0.714. The van der Waals surface area contributed by atoms with Gasteiger partial charge in [0.25, 0.3) is 0 Å². The lowest BCUT2D eigenvalue weighted by atomic mass is 9.91. The summed E-state index contributed by atoms with van der Waals surface area (Å²) in [4.78, 5) is 0. The average molecular weight is 206 g/mol. The van der Waals surface area contributed by atoms with Gasteiger partial charge >= 0.3 is 0 Å². The van der Waals surface area contributed by atoms with E-state index in [0.29, 0.717) is 0 Å². The molecular formula is C14H22O. The van der Waals surface area contributed by atoms with Crippen molar-refractivity contribution in [1.82, 2.24) is 0 Å². The van der Waals surface area contributed by atoms with E-state index in [-0.39, 0.29) is 5.92 Å². The summed E-state index contributed by atoms with van der Waals surface area (Å²) in [7, 11) is 0. The summed E-state index contributed by atoms with van der Waals surface area (Å²) in [5.74, 6) is 6.32. The Morgan fingerprint density at radius 3 is 3.00 bits per heavy atom. The molecule has 0 saturated heterocycles. The van der Waals surface area contributed by atoms with Crippen LogP contribution in [0.1, 0.15) is 51.9 Å². The molecule has 0 aromatic heterocycles. The summed E-state index contributed by atoms with van der Waals surface area (Å²) in [6.45, 7) is 2.19. The zero-order chi connectivity index (χ0) is 10.9. The molecule has 2 atom stereocenters. The van der Waals surface area contributed by atoms with Crippen LogP contribution in [0.5, 0.6) is 0 Å². The predicted octanol–water partition coefficient (Wildman–Crippen LogP) is 3.29. The van der Waals surface area contributed by atoms with E-state index in [0.717, 1.165) is 25.7 Å². The molecule has 0 heterocycles. The Hall–Kier alpha value is -0.740. The number of allylic oxidation sites excluding steroid dienone is 1. The first kappa shape index (κ1) is 12.3. The molecule has 1 heteroatoms. The van der Waals surface area contributed by atoms with Crippen molar-refractivity contribution < 1.29 is 5.11 Å². The van der Waals surface area contributed by atoms with Crippen molar-refractivity contribution in [2.24, 2.45) is 5.92 Å². The van der Waals surface area contributed by atoms with Crippen molar-refractivity contribution in [1.29, 1.82) is 0 Å². The van der Waals surface area contributed by atoms with Crippen molar-refractivity contribution >= 4 is 0 Å². The van der Waals surface area contributed by atoms with Crippen molar-refractivity contribution in [2.75, 3.05) is 0 Å². The number of hydrogen-bond acceptors (Lipinski definition) is 1. The van der Waals surface area contributed by atoms with E-state index in [1.54, 1.807) is 0 Å². The SMILES string of the molecule is CCCCCC#C[C@H](O)[C@H]1C=CCCC1. The van der Waals surface area contributed by atoms with E-state index in [2.05, 4.69) is 30.9 Å². The van der Waals surface area contributed by atoms with Gasteiger partial charge in [-0.2, -0.15) is 0 Å². The fourth-order valence-corrected chi connectivity index (χ4v) is 1.85. The van der Waals surface area contributed by atoms with E-state index >= 15 is 0 Å². The molecule has 15 heavy (non-hydrogen) atoms. The second kappa shape index (κ2) is 7.54. The second-order valence-corrected chi connectivity index (χ2v) is 4.25. The normalized spacial score (nSPS) is 21.9. The highest BCUT2D eigenvalue weighted by atomic mass is 16.3. The molecule has 1 N–H and O–H groups in total. The molecule has 1 nitrogen and oxygen atoms in total. The van der Waals surface area contributed by atoms with Crippen molar-refractivity contribution in [3.63, 3.8) is 0 Å². The van der Waals surface area contributed by atoms with Gasteiger partial charge in [0.1, 0.15) is 6.10 Å². The van der Waals surface area contributed by atoms with E-state index in [1.807, 2.05) is 0 Å². The Morgan fingerprint density at radius 2 is 2.33 bits per heavy atom. The highest BCUT2D eigenvalue weighted by Gasteiger charge is 2.15. The molecule has 0 radical (unpaired) electrons. The molecule has 1 rings (SSSR count). The lowest BCUT2D eigenvalue weighted by Crippen LogP contribution is -2.18. The monoisotopic (exact) mass is 206 g/mol. The van der Waals surface area contributed by atoms with Gasteiger partial charge in [-0.25, -0.2) is 0 Å². The summed E-state index contributed by atoms with van der Waals surface area (Å²) in [5.41, 5.74) is 0. The Morgan fingerprint density at radius 1 is 1.47 bits per heavy atom. The average Bonchev–Trinajstić information content (AvgIpc) is 2.30. The number of hydrogen-bond donors (Lipinski definition) is 1. The van der Waals surface area contributed by atoms with Crippen LogP contribution in [0.15, 0.2) is 12.2 Å². The molecule has 1 aliphatic rings. The van der Waals surface area contributed by atoms with Gasteiger partial charge < -0.3 is 5.11 Å². The maximum atomic E-state index is 9.81. The third kappa shape index (κ3) is 5.04. The van der Waals surface area contributed by atoms with Gasteiger partial charge in [0.2, 0.25) is 0 Å². The van der Waals surface area contributed by atoms with Crippen molar-refractivity contribution in [3.8, 4) is 11.8 Å². The summed E-state index contributed by atoms with van der Waals surface area (Å²) in [5, 5.41) is 9.81. The van der Waals surface area contributed by atoms with Gasteiger partial charge in [-0.05, 0) is 25.7 Å². The smallest absolute Gasteiger partial charge is 0.120 e. The number of aliphatic hydroxyl groups is 1. The van der Waals surface area contributed by atoms with Crippen LogP contribution in [0, 0.1) is 17.8 Å². The molecule has 0 spiro atoms. The third-order valence-electron chi connectivity index (χ3n) is 2.85. The Bertz CT molecular complexity index is 244. The molecule has 0 amide bonds. The van der Waals surface area contributed by atoms with Crippen LogP contribution in [0.25, 0.3) is 0 Å². The molecule has 0 fully saturated rings. The summed E-state index contributed by atoms with van der Waals surface area (Å²) < 4.78 is 0. The lowest BCUT2D eigenvalue weighted by molar-refractivity contribution is 0.176. The van der Waals surface area contributed by atoms with Crippen LogP contribution in [-0.4, -0.2) is 11.2 Å². The number of aliphatic hydroxyl groups excluding tert-OH is 1. The maximum Gasteiger partial charge on any atom is 0.120 e. The minimum atomic E-state index is -0.442. The molecule has 0 aromatic carbocycles. The largest absolute Gasteiger partial charge is 0.380 e. The van der Waals surface area contributed by atoms with Crippen LogP contribution in [-0.2, 0) is 0 Å². The minimum Gasteiger partial charge on any atom is -0.380 e. The van der Waals surface area contributed by atoms with Crippen LogP contribution in [0.2, 0.25) is 0 Å². The van der Waals surface area contributed by atoms with Crippen LogP contribution >= 0.6 is 0 Å². The van der Waals surface area contributed by atoms with Gasteiger partial charge in [-0.3, -0.25) is 0 Å². The lowest BCUT2D eigenvalue weighted by Gasteiger charge is -2.17. The molecule has 0 aliphatic heterocycles. The first-order chi connectivity index (χ1) is 7.34. The first-order valence-electron chi connectivity index (χ1n) is 6.17. The van der Waals surface area contributed by atoms with E-state index in [9.17, 15) is 5.11 Å². The highest BCUT2D eigenvalue weighted by Crippen LogP contribution is 2.19. The zero-order valence-corrected chi connectivity index (χ0v) is 9.71. The zero-order valence-electron chi connectivity index (χ0n) is 9.71. The summed E-state index contributed by atoms with van der Waals surface area (Å²) >= 11 is 0. The Balaban J connectivity index is 2.24. The summed E-state index contributed by atoms with van der Waals surface area (Å²) in [6.07, 6.45) is 11.8. The third-order valence-corrected chi connectivity index (χ3v) is 2.85. The molecule has 0 bridgehead atoms. The van der Waals surface area contributed by atoms with Gasteiger partial charge in [0.05, 0.1) is 0 Å². The second-order valence-electron chi connectivity index (χ2n) is 4.25. The van der Waals surface area contributed by atoms with Crippen LogP contribution < -0.4 is 0 Å². The molecule has 0 aromatic rings. The minimum absolute atomic E-state index is 0.275. The van der Waals surface area contributed by atoms with E-state index in [1.165, 1.54) is 19.3 Å². The molecule has 0 saturated carbocycles. The topological polar surface area (TPSA) is 20.2 Å².